The number of phenols is 1. The number of aromatic hydroxyl groups is 1. The fraction of sp³-hybridized carbons (Fsp3) is 0.500. The van der Waals surface area contributed by atoms with Gasteiger partial charge in [-0.05, 0) is 42.9 Å². The van der Waals surface area contributed by atoms with Gasteiger partial charge in [-0.25, -0.2) is 4.79 Å². The lowest BCUT2D eigenvalue weighted by atomic mass is 10.0. The number of phenolic OH excluding ortho intramolecular Hbond substituents is 1. The molecule has 2 amide bonds. The average Bonchev–Trinajstić information content (AvgIpc) is 2.69. The Bertz CT molecular complexity index is 768. The number of carboxylic acid groups (broad SMARTS) is 1. The number of benzene rings is 1. The van der Waals surface area contributed by atoms with Gasteiger partial charge in [0.2, 0.25) is 11.8 Å². The summed E-state index contributed by atoms with van der Waals surface area (Å²) >= 11 is 0. The van der Waals surface area contributed by atoms with Crippen LogP contribution in [0.2, 0.25) is 0 Å². The van der Waals surface area contributed by atoms with Gasteiger partial charge in [-0.2, -0.15) is 0 Å². The van der Waals surface area contributed by atoms with E-state index < -0.39 is 35.9 Å². The van der Waals surface area contributed by atoms with Crippen molar-refractivity contribution >= 4 is 23.7 Å². The van der Waals surface area contributed by atoms with Crippen LogP contribution in [0.15, 0.2) is 24.3 Å². The molecule has 1 aromatic rings. The zero-order chi connectivity index (χ0) is 23.6. The standard InChI is InChI=1S/C20H32N6O5/c1-11(2)16(18(29)25-15(19(30)31)4-3-9-24-20(22)23)26-17(28)14(21)10-12-5-7-13(27)8-6-12/h5-8,11,14-16,27H,3-4,9-10,21H2,1-2H3,(H,25,29)(H,26,28)(H,30,31)(H4,22,23,24)/t14-,15-,16-/m0/s1. The first kappa shape index (κ1) is 25.7. The van der Waals surface area contributed by atoms with Crippen molar-refractivity contribution in [1.82, 2.24) is 16.0 Å². The minimum atomic E-state index is -1.20. The minimum absolute atomic E-state index is 0.100. The molecule has 0 aliphatic heterocycles. The summed E-state index contributed by atoms with van der Waals surface area (Å²) in [5, 5.41) is 33.4. The predicted octanol–water partition coefficient (Wildman–Crippen LogP) is -0.765. The molecule has 0 heterocycles. The van der Waals surface area contributed by atoms with Crippen LogP contribution in [-0.4, -0.2) is 58.6 Å². The van der Waals surface area contributed by atoms with E-state index in [-0.39, 0.29) is 30.5 Å². The molecule has 0 bridgehead atoms. The third-order valence-electron chi connectivity index (χ3n) is 4.58. The van der Waals surface area contributed by atoms with Gasteiger partial charge in [-0.3, -0.25) is 15.0 Å². The maximum absolute atomic E-state index is 12.7. The Morgan fingerprint density at radius 2 is 1.71 bits per heavy atom. The van der Waals surface area contributed by atoms with E-state index in [2.05, 4.69) is 16.0 Å². The molecule has 1 aromatic carbocycles. The molecular weight excluding hydrogens is 404 g/mol. The normalized spacial score (nSPS) is 13.7. The number of carboxylic acids is 1. The van der Waals surface area contributed by atoms with Crippen molar-refractivity contribution < 1.29 is 24.6 Å². The van der Waals surface area contributed by atoms with Crippen LogP contribution in [0.5, 0.6) is 5.75 Å². The van der Waals surface area contributed by atoms with Crippen LogP contribution in [0.4, 0.5) is 0 Å². The van der Waals surface area contributed by atoms with Crippen molar-refractivity contribution in [2.24, 2.45) is 17.4 Å². The van der Waals surface area contributed by atoms with Crippen molar-refractivity contribution in [3.63, 3.8) is 0 Å². The van der Waals surface area contributed by atoms with E-state index >= 15 is 0 Å². The molecule has 0 spiro atoms. The first-order chi connectivity index (χ1) is 14.5. The van der Waals surface area contributed by atoms with Crippen LogP contribution in [0.25, 0.3) is 0 Å². The van der Waals surface area contributed by atoms with Gasteiger partial charge in [-0.15, -0.1) is 0 Å². The topological polar surface area (TPSA) is 204 Å². The number of carbonyl (C=O) groups excluding carboxylic acids is 2. The molecule has 3 atom stereocenters. The second-order valence-corrected chi connectivity index (χ2v) is 7.59. The molecule has 0 aliphatic rings. The third kappa shape index (κ3) is 9.34. The third-order valence-corrected chi connectivity index (χ3v) is 4.58. The maximum atomic E-state index is 12.7. The van der Waals surface area contributed by atoms with E-state index in [0.717, 1.165) is 5.56 Å². The highest BCUT2D eigenvalue weighted by atomic mass is 16.4. The van der Waals surface area contributed by atoms with E-state index in [4.69, 9.17) is 16.9 Å². The average molecular weight is 437 g/mol. The Hall–Kier alpha value is -3.34. The quantitative estimate of drug-likeness (QED) is 0.118. The largest absolute Gasteiger partial charge is 0.508 e. The summed E-state index contributed by atoms with van der Waals surface area (Å²) in [6.07, 6.45) is 0.701. The zero-order valence-corrected chi connectivity index (χ0v) is 17.7. The Balaban J connectivity index is 2.69. The molecule has 31 heavy (non-hydrogen) atoms. The number of hydrogen-bond donors (Lipinski definition) is 8. The van der Waals surface area contributed by atoms with Gasteiger partial charge < -0.3 is 37.6 Å². The second kappa shape index (κ2) is 12.4. The smallest absolute Gasteiger partial charge is 0.326 e. The summed E-state index contributed by atoms with van der Waals surface area (Å²) in [7, 11) is 0. The van der Waals surface area contributed by atoms with E-state index in [0.29, 0.717) is 13.0 Å². The van der Waals surface area contributed by atoms with Gasteiger partial charge in [0.05, 0.1) is 6.04 Å². The molecule has 10 N–H and O–H groups in total. The fourth-order valence-corrected chi connectivity index (χ4v) is 2.82. The Morgan fingerprint density at radius 1 is 1.10 bits per heavy atom. The van der Waals surface area contributed by atoms with Crippen LogP contribution in [0.3, 0.4) is 0 Å². The number of rotatable bonds is 12. The molecule has 0 saturated heterocycles. The molecular formula is C20H32N6O5. The highest BCUT2D eigenvalue weighted by Crippen LogP contribution is 2.11. The number of nitrogens with two attached hydrogens (primary N) is 2. The Labute approximate surface area is 181 Å². The number of amides is 2. The summed E-state index contributed by atoms with van der Waals surface area (Å²) in [4.78, 5) is 36.7. The van der Waals surface area contributed by atoms with Crippen LogP contribution in [0, 0.1) is 11.3 Å². The molecule has 172 valence electrons. The molecule has 11 nitrogen and oxygen atoms in total. The van der Waals surface area contributed by atoms with E-state index in [1.165, 1.54) is 12.1 Å². The van der Waals surface area contributed by atoms with Gasteiger partial charge in [0.25, 0.3) is 0 Å². The minimum Gasteiger partial charge on any atom is -0.508 e. The SMILES string of the molecule is CC(C)[C@H](NC(=O)[C@@H](N)Cc1ccc(O)cc1)C(=O)N[C@@H](CCCNC(=N)N)C(=O)O. The summed E-state index contributed by atoms with van der Waals surface area (Å²) in [6, 6.07) is 3.23. The maximum Gasteiger partial charge on any atom is 0.326 e. The molecule has 1 rings (SSSR count). The van der Waals surface area contributed by atoms with Crippen molar-refractivity contribution in [2.45, 2.75) is 51.2 Å². The zero-order valence-electron chi connectivity index (χ0n) is 17.7. The van der Waals surface area contributed by atoms with Gasteiger partial charge >= 0.3 is 5.97 Å². The second-order valence-electron chi connectivity index (χ2n) is 7.59. The van der Waals surface area contributed by atoms with Gasteiger partial charge in [0.1, 0.15) is 17.8 Å². The van der Waals surface area contributed by atoms with E-state index in [1.54, 1.807) is 26.0 Å². The monoisotopic (exact) mass is 436 g/mol. The van der Waals surface area contributed by atoms with Crippen molar-refractivity contribution in [3.05, 3.63) is 29.8 Å². The first-order valence-corrected chi connectivity index (χ1v) is 9.96. The van der Waals surface area contributed by atoms with Crippen LogP contribution in [-0.2, 0) is 20.8 Å². The van der Waals surface area contributed by atoms with Crippen LogP contribution < -0.4 is 27.4 Å². The fourth-order valence-electron chi connectivity index (χ4n) is 2.82. The predicted molar refractivity (Wildman–Crippen MR) is 115 cm³/mol. The van der Waals surface area contributed by atoms with Gasteiger partial charge in [-0.1, -0.05) is 26.0 Å². The highest BCUT2D eigenvalue weighted by Gasteiger charge is 2.29. The van der Waals surface area contributed by atoms with E-state index in [1.807, 2.05) is 0 Å². The molecule has 0 radical (unpaired) electrons. The number of aliphatic carboxylic acids is 1. The highest BCUT2D eigenvalue weighted by molar-refractivity contribution is 5.92. The summed E-state index contributed by atoms with van der Waals surface area (Å²) in [6.45, 7) is 3.75. The van der Waals surface area contributed by atoms with Crippen molar-refractivity contribution in [2.75, 3.05) is 6.54 Å². The number of carbonyl (C=O) groups is 3. The van der Waals surface area contributed by atoms with Crippen molar-refractivity contribution in [1.29, 1.82) is 5.41 Å². The number of hydrogen-bond acceptors (Lipinski definition) is 6. The van der Waals surface area contributed by atoms with Crippen LogP contribution >= 0.6 is 0 Å². The summed E-state index contributed by atoms with van der Waals surface area (Å²) in [5.74, 6) is -2.79. The lowest BCUT2D eigenvalue weighted by Crippen LogP contribution is -2.56. The summed E-state index contributed by atoms with van der Waals surface area (Å²) < 4.78 is 0. The number of nitrogens with one attached hydrogen (secondary N) is 4. The summed E-state index contributed by atoms with van der Waals surface area (Å²) in [5.41, 5.74) is 11.9. The Morgan fingerprint density at radius 3 is 2.23 bits per heavy atom. The molecule has 0 fully saturated rings. The van der Waals surface area contributed by atoms with E-state index in [9.17, 15) is 24.6 Å². The first-order valence-electron chi connectivity index (χ1n) is 9.96. The molecule has 0 aromatic heterocycles. The number of guanidine groups is 1. The van der Waals surface area contributed by atoms with Gasteiger partial charge in [0, 0.05) is 6.54 Å². The lowest BCUT2D eigenvalue weighted by molar-refractivity contribution is -0.142. The van der Waals surface area contributed by atoms with Crippen molar-refractivity contribution in [3.8, 4) is 5.75 Å². The Kier molecular flexibility index (Phi) is 10.3. The molecule has 0 aliphatic carbocycles. The molecule has 11 heteroatoms. The van der Waals surface area contributed by atoms with Crippen LogP contribution in [0.1, 0.15) is 32.3 Å². The lowest BCUT2D eigenvalue weighted by Gasteiger charge is -2.25. The molecule has 0 saturated carbocycles. The molecule has 0 unspecified atom stereocenters. The van der Waals surface area contributed by atoms with Gasteiger partial charge in [0.15, 0.2) is 5.96 Å².